The van der Waals surface area contributed by atoms with Gasteiger partial charge in [0.1, 0.15) is 0 Å². The topological polar surface area (TPSA) is 11.4 Å². The van der Waals surface area contributed by atoms with E-state index in [-0.39, 0.29) is 5.41 Å². The summed E-state index contributed by atoms with van der Waals surface area (Å²) in [6, 6.07) is 104. The van der Waals surface area contributed by atoms with Gasteiger partial charge < -0.3 is 14.4 Å². The van der Waals surface area contributed by atoms with Gasteiger partial charge in [-0.25, -0.2) is 0 Å². The lowest BCUT2D eigenvalue weighted by Crippen LogP contribution is -2.17. The molecule has 0 radical (unpaired) electrons. The van der Waals surface area contributed by atoms with Crippen molar-refractivity contribution in [1.82, 2.24) is 4.57 Å². The number of fused-ring (bicyclic) bond motifs is 4. The minimum absolute atomic E-state index is 0.272. The van der Waals surface area contributed by atoms with Gasteiger partial charge in [-0.1, -0.05) is 196 Å². The number of aromatic nitrogens is 1. The Hall–Kier alpha value is -9.44. The number of para-hydroxylation sites is 3. The Morgan fingerprint density at radius 1 is 0.297 bits per heavy atom. The zero-order valence-electron chi connectivity index (χ0n) is 41.5. The molecule has 0 atom stereocenters. The van der Waals surface area contributed by atoms with Crippen LogP contribution in [0.5, 0.6) is 0 Å². The highest BCUT2D eigenvalue weighted by Crippen LogP contribution is 2.52. The van der Waals surface area contributed by atoms with E-state index in [1.807, 2.05) is 0 Å². The summed E-state index contributed by atoms with van der Waals surface area (Å²) >= 11 is 0. The molecule has 0 saturated carbocycles. The smallest absolute Gasteiger partial charge is 0.0619 e. The van der Waals surface area contributed by atoms with Crippen molar-refractivity contribution in [2.45, 2.75) is 19.3 Å². The van der Waals surface area contributed by atoms with Crippen LogP contribution < -0.4 is 9.80 Å². The van der Waals surface area contributed by atoms with Crippen LogP contribution in [0.3, 0.4) is 0 Å². The number of hydrogen-bond acceptors (Lipinski definition) is 2. The van der Waals surface area contributed by atoms with Gasteiger partial charge in [0.05, 0.1) is 11.2 Å². The molecule has 0 unspecified atom stereocenters. The summed E-state index contributed by atoms with van der Waals surface area (Å²) in [6.07, 6.45) is 0. The third-order valence-electron chi connectivity index (χ3n) is 15.0. The van der Waals surface area contributed by atoms with Crippen LogP contribution in [0.1, 0.15) is 25.0 Å². The van der Waals surface area contributed by atoms with Gasteiger partial charge in [-0.15, -0.1) is 0 Å². The van der Waals surface area contributed by atoms with Gasteiger partial charge in [0.2, 0.25) is 0 Å². The quantitative estimate of drug-likeness (QED) is 0.128. The van der Waals surface area contributed by atoms with Crippen molar-refractivity contribution in [3.8, 4) is 61.5 Å². The SMILES string of the molecule is CC1(C)c2cc(-c3ccc4c(c3)c(-c3ccccc3)c(-c3ccccc3)n4-c3ccccc3)ccc2-c2ccc(N(c3ccc(-c4ccccc4)cc3)c3ccc(N(c4ccccc4)c4ccccc4)cc3)cc21. The maximum atomic E-state index is 2.45. The summed E-state index contributed by atoms with van der Waals surface area (Å²) in [6.45, 7) is 4.78. The standard InChI is InChI=1S/C71H53N3/c1-71(2)66-48-55(54-36-46-68-65(47-54)69(52-23-11-4-12-24-52)70(53-25-13-5-14-26-53)74(68)58-31-19-8-20-32-58)35-44-63(66)64-45-43-62(49-67(64)71)73(59-37-33-51(34-38-59)50-21-9-3-10-22-50)61-41-39-60(40-42-61)72(56-27-15-6-16-28-56)57-29-17-7-18-30-57/h3-49H,1-2H3. The molecule has 0 fully saturated rings. The van der Waals surface area contributed by atoms with E-state index < -0.39 is 0 Å². The maximum absolute atomic E-state index is 2.45. The number of rotatable bonds is 11. The second kappa shape index (κ2) is 18.6. The monoisotopic (exact) mass is 947 g/mol. The first kappa shape index (κ1) is 44.5. The second-order valence-corrected chi connectivity index (χ2v) is 19.7. The lowest BCUT2D eigenvalue weighted by atomic mass is 9.81. The van der Waals surface area contributed by atoms with Crippen molar-refractivity contribution in [3.05, 3.63) is 296 Å². The van der Waals surface area contributed by atoms with E-state index in [0.717, 1.165) is 39.8 Å². The fourth-order valence-corrected chi connectivity index (χ4v) is 11.4. The summed E-state index contributed by atoms with van der Waals surface area (Å²) < 4.78 is 2.44. The van der Waals surface area contributed by atoms with Crippen LogP contribution in [-0.4, -0.2) is 4.57 Å². The van der Waals surface area contributed by atoms with E-state index in [1.54, 1.807) is 0 Å². The van der Waals surface area contributed by atoms with E-state index in [0.29, 0.717) is 0 Å². The van der Waals surface area contributed by atoms with Gasteiger partial charge in [0, 0.05) is 56.2 Å². The zero-order valence-corrected chi connectivity index (χ0v) is 41.5. The molecule has 3 heteroatoms. The van der Waals surface area contributed by atoms with Gasteiger partial charge >= 0.3 is 0 Å². The van der Waals surface area contributed by atoms with Crippen LogP contribution in [-0.2, 0) is 5.41 Å². The van der Waals surface area contributed by atoms with Gasteiger partial charge in [0.25, 0.3) is 0 Å². The highest BCUT2D eigenvalue weighted by molar-refractivity contribution is 6.07. The van der Waals surface area contributed by atoms with Crippen molar-refractivity contribution >= 4 is 45.0 Å². The number of hydrogen-bond donors (Lipinski definition) is 0. The van der Waals surface area contributed by atoms with Crippen LogP contribution in [0.4, 0.5) is 34.1 Å². The minimum atomic E-state index is -0.272. The molecule has 0 spiro atoms. The molecule has 3 nitrogen and oxygen atoms in total. The molecule has 74 heavy (non-hydrogen) atoms. The largest absolute Gasteiger partial charge is 0.311 e. The molecular formula is C71H53N3. The molecule has 12 aromatic rings. The Balaban J connectivity index is 0.905. The summed E-state index contributed by atoms with van der Waals surface area (Å²) in [5.41, 5.74) is 23.5. The van der Waals surface area contributed by atoms with Gasteiger partial charge in [0.15, 0.2) is 0 Å². The van der Waals surface area contributed by atoms with Crippen molar-refractivity contribution in [2.24, 2.45) is 0 Å². The highest BCUT2D eigenvalue weighted by atomic mass is 15.2. The number of nitrogens with zero attached hydrogens (tertiary/aromatic N) is 3. The van der Waals surface area contributed by atoms with Crippen LogP contribution >= 0.6 is 0 Å². The Morgan fingerprint density at radius 3 is 1.24 bits per heavy atom. The lowest BCUT2D eigenvalue weighted by Gasteiger charge is -2.29. The average Bonchev–Trinajstić information content (AvgIpc) is 3.95. The third-order valence-corrected chi connectivity index (χ3v) is 15.0. The molecule has 13 rings (SSSR count). The van der Waals surface area contributed by atoms with E-state index in [1.165, 1.54) is 77.8 Å². The Kier molecular flexibility index (Phi) is 11.2. The third kappa shape index (κ3) is 7.87. The summed E-state index contributed by atoms with van der Waals surface area (Å²) in [5.74, 6) is 0. The molecule has 0 N–H and O–H groups in total. The van der Waals surface area contributed by atoms with Crippen molar-refractivity contribution in [3.63, 3.8) is 0 Å². The van der Waals surface area contributed by atoms with Crippen LogP contribution in [0, 0.1) is 0 Å². The Labute approximate surface area is 434 Å². The Bertz CT molecular complexity index is 3880. The van der Waals surface area contributed by atoms with E-state index in [9.17, 15) is 0 Å². The van der Waals surface area contributed by atoms with Crippen LogP contribution in [0.2, 0.25) is 0 Å². The summed E-state index contributed by atoms with van der Waals surface area (Å²) in [7, 11) is 0. The average molecular weight is 948 g/mol. The molecule has 0 saturated heterocycles. The number of anilines is 6. The van der Waals surface area contributed by atoms with Crippen molar-refractivity contribution in [1.29, 1.82) is 0 Å². The fourth-order valence-electron chi connectivity index (χ4n) is 11.4. The maximum Gasteiger partial charge on any atom is 0.0619 e. The Morgan fingerprint density at radius 2 is 0.676 bits per heavy atom. The molecular weight excluding hydrogens is 895 g/mol. The van der Waals surface area contributed by atoms with E-state index in [2.05, 4.69) is 313 Å². The first-order chi connectivity index (χ1) is 36.5. The zero-order chi connectivity index (χ0) is 49.6. The molecule has 0 bridgehead atoms. The second-order valence-electron chi connectivity index (χ2n) is 19.7. The first-order valence-corrected chi connectivity index (χ1v) is 25.6. The predicted octanol–water partition coefficient (Wildman–Crippen LogP) is 19.5. The number of benzene rings is 11. The van der Waals surface area contributed by atoms with Crippen molar-refractivity contribution < 1.29 is 0 Å². The summed E-state index contributed by atoms with van der Waals surface area (Å²) in [4.78, 5) is 4.72. The van der Waals surface area contributed by atoms with Gasteiger partial charge in [-0.3, -0.25) is 0 Å². The van der Waals surface area contributed by atoms with Gasteiger partial charge in [-0.05, 0) is 159 Å². The lowest BCUT2D eigenvalue weighted by molar-refractivity contribution is 0.660. The minimum Gasteiger partial charge on any atom is -0.311 e. The van der Waals surface area contributed by atoms with Crippen LogP contribution in [0.15, 0.2) is 285 Å². The highest BCUT2D eigenvalue weighted by Gasteiger charge is 2.36. The molecule has 0 amide bonds. The summed E-state index contributed by atoms with van der Waals surface area (Å²) in [5, 5.41) is 1.22. The molecule has 1 aliphatic rings. The predicted molar refractivity (Wildman–Crippen MR) is 312 cm³/mol. The van der Waals surface area contributed by atoms with Crippen molar-refractivity contribution in [2.75, 3.05) is 9.80 Å². The van der Waals surface area contributed by atoms with Crippen LogP contribution in [0.25, 0.3) is 72.4 Å². The fraction of sp³-hybridized carbons (Fsp3) is 0.0423. The normalized spacial score (nSPS) is 12.3. The van der Waals surface area contributed by atoms with Gasteiger partial charge in [-0.2, -0.15) is 0 Å². The molecule has 1 heterocycles. The molecule has 0 aliphatic heterocycles. The molecule has 352 valence electrons. The molecule has 1 aliphatic carbocycles. The van der Waals surface area contributed by atoms with E-state index in [4.69, 9.17) is 0 Å². The molecule has 1 aromatic heterocycles. The first-order valence-electron chi connectivity index (χ1n) is 25.6. The van der Waals surface area contributed by atoms with E-state index >= 15 is 0 Å². The molecule has 11 aromatic carbocycles.